The van der Waals surface area contributed by atoms with Crippen LogP contribution < -0.4 is 14.8 Å². The van der Waals surface area contributed by atoms with E-state index in [1.807, 2.05) is 43.9 Å². The van der Waals surface area contributed by atoms with Crippen LogP contribution in [-0.4, -0.2) is 54.3 Å². The summed E-state index contributed by atoms with van der Waals surface area (Å²) in [7, 11) is 3.30. The summed E-state index contributed by atoms with van der Waals surface area (Å²) in [5.41, 5.74) is 1.86. The van der Waals surface area contributed by atoms with E-state index >= 15 is 0 Å². The number of aliphatic hydroxyl groups excluding tert-OH is 1. The van der Waals surface area contributed by atoms with Crippen LogP contribution >= 0.6 is 11.3 Å². The van der Waals surface area contributed by atoms with Gasteiger partial charge in [0.1, 0.15) is 11.5 Å². The Morgan fingerprint density at radius 3 is 2.67 bits per heavy atom. The maximum absolute atomic E-state index is 13.1. The second-order valence-corrected chi connectivity index (χ2v) is 11.7. The maximum Gasteiger partial charge on any atom is 0.225 e. The van der Waals surface area contributed by atoms with E-state index in [2.05, 4.69) is 19.2 Å². The fourth-order valence-electron chi connectivity index (χ4n) is 6.63. The van der Waals surface area contributed by atoms with E-state index in [1.165, 1.54) is 4.88 Å². The van der Waals surface area contributed by atoms with Crippen molar-refractivity contribution in [1.29, 1.82) is 0 Å². The lowest BCUT2D eigenvalue weighted by Crippen LogP contribution is -2.53. The molecule has 198 valence electrons. The molecule has 1 aromatic heterocycles. The first-order valence-corrected chi connectivity index (χ1v) is 13.9. The van der Waals surface area contributed by atoms with Crippen molar-refractivity contribution in [3.63, 3.8) is 0 Å². The predicted molar refractivity (Wildman–Crippen MR) is 144 cm³/mol. The lowest BCUT2D eigenvalue weighted by molar-refractivity contribution is -0.144. The topological polar surface area (TPSA) is 83.9 Å². The lowest BCUT2D eigenvalue weighted by Gasteiger charge is -2.53. The summed E-state index contributed by atoms with van der Waals surface area (Å²) in [5, 5.41) is 16.0. The third kappa shape index (κ3) is 4.70. The van der Waals surface area contributed by atoms with Crippen molar-refractivity contribution in [2.45, 2.75) is 65.9 Å². The Bertz CT molecular complexity index is 1080. The number of benzene rings is 1. The fourth-order valence-corrected chi connectivity index (χ4v) is 7.91. The number of thiazole rings is 1. The standard InChI is InChI=1S/C28H41N3O4S/c1-8-31(9-2)26(33)16(3)19-12-13-28(5)15-22-24(17(4)23(28)25(19)32)30-27(36-22)29-20-14-18(34-6)10-11-21(20)35-7/h10-11,14,16-17,19,23,25,32H,8-9,12-13,15H2,1-7H3,(H,29,30)/t16-,17-,19-,23+,25-,28+/m0/s1. The van der Waals surface area contributed by atoms with E-state index in [-0.39, 0.29) is 35.0 Å². The number of fused-ring (bicyclic) bond motifs is 2. The first-order valence-electron chi connectivity index (χ1n) is 13.1. The molecule has 1 aromatic carbocycles. The molecule has 1 fully saturated rings. The van der Waals surface area contributed by atoms with Crippen LogP contribution in [0.4, 0.5) is 10.8 Å². The number of nitrogens with zero attached hydrogens (tertiary/aromatic N) is 2. The molecule has 7 nitrogen and oxygen atoms in total. The summed E-state index contributed by atoms with van der Waals surface area (Å²) in [5.74, 6) is 1.58. The number of amides is 1. The van der Waals surface area contributed by atoms with E-state index in [1.54, 1.807) is 25.6 Å². The summed E-state index contributed by atoms with van der Waals surface area (Å²) >= 11 is 1.68. The first-order chi connectivity index (χ1) is 17.2. The van der Waals surface area contributed by atoms with Gasteiger partial charge in [-0.2, -0.15) is 0 Å². The first kappa shape index (κ1) is 26.7. The molecule has 1 saturated carbocycles. The van der Waals surface area contributed by atoms with Gasteiger partial charge in [0.25, 0.3) is 0 Å². The number of carbonyl (C=O) groups excluding carboxylic acids is 1. The zero-order valence-electron chi connectivity index (χ0n) is 22.6. The number of nitrogens with one attached hydrogen (secondary N) is 1. The number of methoxy groups -OCH3 is 2. The second kappa shape index (κ2) is 10.6. The van der Waals surface area contributed by atoms with Crippen molar-refractivity contribution in [3.05, 3.63) is 28.8 Å². The SMILES string of the molecule is CCN(CC)C(=O)[C@@H](C)[C@@H]1CC[C@]2(C)Cc3sc(Nc4cc(OC)ccc4OC)nc3[C@@H](C)[C@@H]2[C@H]1O. The number of aliphatic hydroxyl groups is 1. The van der Waals surface area contributed by atoms with Gasteiger partial charge >= 0.3 is 0 Å². The zero-order valence-corrected chi connectivity index (χ0v) is 23.4. The molecule has 2 aliphatic carbocycles. The molecule has 4 rings (SSSR count). The number of carbonyl (C=O) groups is 1. The molecule has 0 spiro atoms. The molecule has 0 aliphatic heterocycles. The van der Waals surface area contributed by atoms with Crippen molar-refractivity contribution in [1.82, 2.24) is 9.88 Å². The van der Waals surface area contributed by atoms with Crippen molar-refractivity contribution < 1.29 is 19.4 Å². The highest BCUT2D eigenvalue weighted by atomic mass is 32.1. The van der Waals surface area contributed by atoms with Gasteiger partial charge in [0.15, 0.2) is 5.13 Å². The molecule has 36 heavy (non-hydrogen) atoms. The second-order valence-electron chi connectivity index (χ2n) is 10.7. The summed E-state index contributed by atoms with van der Waals surface area (Å²) in [6.45, 7) is 11.9. The molecule has 1 heterocycles. The van der Waals surface area contributed by atoms with Crippen LogP contribution in [0.5, 0.6) is 11.5 Å². The molecule has 2 aromatic rings. The third-order valence-electron chi connectivity index (χ3n) is 8.68. The van der Waals surface area contributed by atoms with Crippen LogP contribution in [0.15, 0.2) is 18.2 Å². The Hall–Kier alpha value is -2.32. The van der Waals surface area contributed by atoms with E-state index in [0.717, 1.165) is 47.3 Å². The molecule has 6 atom stereocenters. The number of hydrogen-bond acceptors (Lipinski definition) is 7. The van der Waals surface area contributed by atoms with E-state index in [9.17, 15) is 9.90 Å². The Labute approximate surface area is 219 Å². The minimum absolute atomic E-state index is 0.0161. The third-order valence-corrected chi connectivity index (χ3v) is 9.66. The van der Waals surface area contributed by atoms with Gasteiger partial charge in [-0.25, -0.2) is 4.98 Å². The van der Waals surface area contributed by atoms with Crippen LogP contribution in [0.1, 0.15) is 63.9 Å². The van der Waals surface area contributed by atoms with Gasteiger partial charge in [-0.15, -0.1) is 11.3 Å². The predicted octanol–water partition coefficient (Wildman–Crippen LogP) is 5.46. The molecule has 2 aliphatic rings. The van der Waals surface area contributed by atoms with E-state index in [4.69, 9.17) is 14.5 Å². The molecule has 0 bridgehead atoms. The number of ether oxygens (including phenoxy) is 2. The highest BCUT2D eigenvalue weighted by Crippen LogP contribution is 2.57. The average Bonchev–Trinajstić information content (AvgIpc) is 3.26. The Morgan fingerprint density at radius 1 is 1.31 bits per heavy atom. The Morgan fingerprint density at radius 2 is 2.03 bits per heavy atom. The van der Waals surface area contributed by atoms with E-state index in [0.29, 0.717) is 13.1 Å². The zero-order chi connectivity index (χ0) is 26.2. The molecule has 8 heteroatoms. The Balaban J connectivity index is 1.59. The highest BCUT2D eigenvalue weighted by molar-refractivity contribution is 7.15. The molecule has 0 unspecified atom stereocenters. The molecule has 0 saturated heterocycles. The quantitative estimate of drug-likeness (QED) is 0.486. The van der Waals surface area contributed by atoms with Crippen LogP contribution in [0, 0.1) is 23.2 Å². The van der Waals surface area contributed by atoms with Crippen molar-refractivity contribution >= 4 is 28.1 Å². The smallest absolute Gasteiger partial charge is 0.225 e. The van der Waals surface area contributed by atoms with Gasteiger partial charge in [0.05, 0.1) is 31.7 Å². The summed E-state index contributed by atoms with van der Waals surface area (Å²) < 4.78 is 10.9. The largest absolute Gasteiger partial charge is 0.497 e. The molecular formula is C28H41N3O4S. The Kier molecular flexibility index (Phi) is 7.86. The highest BCUT2D eigenvalue weighted by Gasteiger charge is 2.54. The fraction of sp³-hybridized carbons (Fsp3) is 0.643. The van der Waals surface area contributed by atoms with Crippen molar-refractivity contribution in [2.24, 2.45) is 23.2 Å². The van der Waals surface area contributed by atoms with Gasteiger partial charge in [-0.05, 0) is 62.5 Å². The maximum atomic E-state index is 13.1. The summed E-state index contributed by atoms with van der Waals surface area (Å²) in [4.78, 5) is 21.3. The van der Waals surface area contributed by atoms with Crippen LogP contribution in [0.25, 0.3) is 0 Å². The minimum atomic E-state index is -0.530. The van der Waals surface area contributed by atoms with Crippen LogP contribution in [0.3, 0.4) is 0 Å². The summed E-state index contributed by atoms with van der Waals surface area (Å²) in [6.07, 6.45) is 2.24. The molecule has 2 N–H and O–H groups in total. The van der Waals surface area contributed by atoms with Crippen molar-refractivity contribution in [2.75, 3.05) is 32.6 Å². The summed E-state index contributed by atoms with van der Waals surface area (Å²) in [6, 6.07) is 5.66. The van der Waals surface area contributed by atoms with Crippen LogP contribution in [0.2, 0.25) is 0 Å². The van der Waals surface area contributed by atoms with Gasteiger partial charge in [-0.1, -0.05) is 20.8 Å². The normalized spacial score (nSPS) is 28.0. The van der Waals surface area contributed by atoms with Crippen LogP contribution in [-0.2, 0) is 11.2 Å². The lowest BCUT2D eigenvalue weighted by atomic mass is 9.53. The molecule has 0 radical (unpaired) electrons. The van der Waals surface area contributed by atoms with Gasteiger partial charge in [0, 0.05) is 35.9 Å². The van der Waals surface area contributed by atoms with Gasteiger partial charge < -0.3 is 24.8 Å². The number of aromatic nitrogens is 1. The average molecular weight is 516 g/mol. The molecule has 1 amide bonds. The number of rotatable bonds is 8. The number of hydrogen-bond donors (Lipinski definition) is 2. The van der Waals surface area contributed by atoms with Gasteiger partial charge in [-0.3, -0.25) is 4.79 Å². The van der Waals surface area contributed by atoms with E-state index < -0.39 is 6.10 Å². The molecular weight excluding hydrogens is 474 g/mol. The van der Waals surface area contributed by atoms with Gasteiger partial charge in [0.2, 0.25) is 5.91 Å². The van der Waals surface area contributed by atoms with Crippen molar-refractivity contribution in [3.8, 4) is 11.5 Å². The monoisotopic (exact) mass is 515 g/mol. The number of anilines is 2. The minimum Gasteiger partial charge on any atom is -0.497 e.